The van der Waals surface area contributed by atoms with Crippen LogP contribution in [0.3, 0.4) is 0 Å². The molecule has 1 aromatic carbocycles. The van der Waals surface area contributed by atoms with E-state index in [2.05, 4.69) is 4.72 Å². The van der Waals surface area contributed by atoms with E-state index in [1.54, 1.807) is 0 Å². The van der Waals surface area contributed by atoms with Gasteiger partial charge < -0.3 is 5.73 Å². The Hall–Kier alpha value is -0.910. The maximum atomic E-state index is 11.9. The molecule has 0 radical (unpaired) electrons. The highest BCUT2D eigenvalue weighted by molar-refractivity contribution is 7.88. The Morgan fingerprint density at radius 2 is 1.94 bits per heavy atom. The van der Waals surface area contributed by atoms with Gasteiger partial charge in [-0.1, -0.05) is 37.3 Å². The lowest BCUT2D eigenvalue weighted by Gasteiger charge is -2.16. The molecule has 1 aromatic rings. The smallest absolute Gasteiger partial charge is 0.216 e. The highest BCUT2D eigenvalue weighted by atomic mass is 32.2. The van der Waals surface area contributed by atoms with E-state index < -0.39 is 10.0 Å². The van der Waals surface area contributed by atoms with E-state index in [1.807, 2.05) is 37.3 Å². The van der Waals surface area contributed by atoms with Gasteiger partial charge in [0.05, 0.1) is 5.75 Å². The van der Waals surface area contributed by atoms with E-state index in [0.717, 1.165) is 12.0 Å². The molecule has 0 saturated heterocycles. The highest BCUT2D eigenvalue weighted by Gasteiger charge is 2.16. The minimum atomic E-state index is -3.27. The maximum absolute atomic E-state index is 11.9. The van der Waals surface area contributed by atoms with Gasteiger partial charge in [-0.25, -0.2) is 13.1 Å². The fourth-order valence-electron chi connectivity index (χ4n) is 1.64. The van der Waals surface area contributed by atoms with E-state index in [1.165, 1.54) is 0 Å². The molecule has 1 rings (SSSR count). The average Bonchev–Trinajstić information content (AvgIpc) is 2.29. The first-order valence-electron chi connectivity index (χ1n) is 5.81. The van der Waals surface area contributed by atoms with Crippen molar-refractivity contribution in [1.29, 1.82) is 0 Å². The van der Waals surface area contributed by atoms with Crippen molar-refractivity contribution in [1.82, 2.24) is 4.72 Å². The molecule has 0 amide bonds. The molecule has 96 valence electrons. The molecule has 0 bridgehead atoms. The Balaban J connectivity index is 2.63. The summed E-state index contributed by atoms with van der Waals surface area (Å²) in [5.41, 5.74) is 6.24. The fourth-order valence-corrected chi connectivity index (χ4v) is 3.14. The second kappa shape index (κ2) is 6.74. The molecule has 0 heterocycles. The van der Waals surface area contributed by atoms with E-state index in [4.69, 9.17) is 5.73 Å². The van der Waals surface area contributed by atoms with Gasteiger partial charge in [-0.05, 0) is 24.9 Å². The Morgan fingerprint density at radius 1 is 1.29 bits per heavy atom. The molecule has 0 aromatic heterocycles. The summed E-state index contributed by atoms with van der Waals surface area (Å²) < 4.78 is 26.5. The molecule has 0 aliphatic heterocycles. The molecule has 1 atom stereocenters. The van der Waals surface area contributed by atoms with Gasteiger partial charge in [0.2, 0.25) is 10.0 Å². The summed E-state index contributed by atoms with van der Waals surface area (Å²) in [6, 6.07) is 9.09. The van der Waals surface area contributed by atoms with E-state index in [-0.39, 0.29) is 11.8 Å². The van der Waals surface area contributed by atoms with Crippen LogP contribution in [0.1, 0.15) is 25.3 Å². The normalized spacial score (nSPS) is 13.5. The zero-order chi connectivity index (χ0) is 12.7. The monoisotopic (exact) mass is 256 g/mol. The standard InChI is InChI=1S/C12H20N2O2S/c1-2-12(8-9-13)14-17(15,16)10-11-6-4-3-5-7-11/h3-7,12,14H,2,8-10,13H2,1H3. The second-order valence-corrected chi connectivity index (χ2v) is 5.80. The minimum absolute atomic E-state index is 0.0227. The Bertz CT molecular complexity index is 417. The molecule has 4 nitrogen and oxygen atoms in total. The van der Waals surface area contributed by atoms with Crippen LogP contribution in [0.5, 0.6) is 0 Å². The SMILES string of the molecule is CCC(CCN)NS(=O)(=O)Cc1ccccc1. The van der Waals surface area contributed by atoms with Crippen LogP contribution in [0.25, 0.3) is 0 Å². The van der Waals surface area contributed by atoms with Gasteiger partial charge in [0.15, 0.2) is 0 Å². The molecule has 0 aliphatic rings. The van der Waals surface area contributed by atoms with Crippen LogP contribution in [0.15, 0.2) is 30.3 Å². The Kier molecular flexibility index (Phi) is 5.61. The maximum Gasteiger partial charge on any atom is 0.216 e. The molecular formula is C12H20N2O2S. The topological polar surface area (TPSA) is 72.2 Å². The van der Waals surface area contributed by atoms with Crippen molar-refractivity contribution >= 4 is 10.0 Å². The van der Waals surface area contributed by atoms with E-state index in [9.17, 15) is 8.42 Å². The minimum Gasteiger partial charge on any atom is -0.330 e. The number of nitrogens with two attached hydrogens (primary N) is 1. The molecule has 5 heteroatoms. The van der Waals surface area contributed by atoms with E-state index >= 15 is 0 Å². The molecule has 0 saturated carbocycles. The van der Waals surface area contributed by atoms with Crippen molar-refractivity contribution in [2.75, 3.05) is 6.54 Å². The zero-order valence-electron chi connectivity index (χ0n) is 10.1. The summed E-state index contributed by atoms with van der Waals surface area (Å²) in [5, 5.41) is 0. The van der Waals surface area contributed by atoms with Crippen molar-refractivity contribution in [3.05, 3.63) is 35.9 Å². The van der Waals surface area contributed by atoms with Crippen molar-refractivity contribution < 1.29 is 8.42 Å². The van der Waals surface area contributed by atoms with Crippen molar-refractivity contribution in [2.24, 2.45) is 5.73 Å². The Morgan fingerprint density at radius 3 is 2.47 bits per heavy atom. The molecule has 0 spiro atoms. The lowest BCUT2D eigenvalue weighted by Crippen LogP contribution is -2.36. The predicted molar refractivity (Wildman–Crippen MR) is 70.0 cm³/mol. The first kappa shape index (κ1) is 14.2. The summed E-state index contributed by atoms with van der Waals surface area (Å²) in [4.78, 5) is 0. The number of hydrogen-bond acceptors (Lipinski definition) is 3. The van der Waals surface area contributed by atoms with Gasteiger partial charge in [0, 0.05) is 6.04 Å². The quantitative estimate of drug-likeness (QED) is 0.771. The average molecular weight is 256 g/mol. The molecule has 3 N–H and O–H groups in total. The van der Waals surface area contributed by atoms with Crippen LogP contribution < -0.4 is 10.5 Å². The highest BCUT2D eigenvalue weighted by Crippen LogP contribution is 2.06. The third-order valence-corrected chi connectivity index (χ3v) is 3.96. The van der Waals surface area contributed by atoms with Crippen molar-refractivity contribution in [3.63, 3.8) is 0 Å². The van der Waals surface area contributed by atoms with Crippen LogP contribution in [-0.2, 0) is 15.8 Å². The number of rotatable bonds is 7. The van der Waals surface area contributed by atoms with Gasteiger partial charge in [-0.15, -0.1) is 0 Å². The van der Waals surface area contributed by atoms with Gasteiger partial charge in [0.1, 0.15) is 0 Å². The number of hydrogen-bond donors (Lipinski definition) is 2. The van der Waals surface area contributed by atoms with Gasteiger partial charge in [-0.3, -0.25) is 0 Å². The lowest BCUT2D eigenvalue weighted by molar-refractivity contribution is 0.520. The van der Waals surface area contributed by atoms with Crippen LogP contribution in [-0.4, -0.2) is 21.0 Å². The first-order chi connectivity index (χ1) is 8.07. The van der Waals surface area contributed by atoms with Crippen LogP contribution in [0.2, 0.25) is 0 Å². The summed E-state index contributed by atoms with van der Waals surface area (Å²) in [6.07, 6.45) is 1.43. The van der Waals surface area contributed by atoms with Gasteiger partial charge in [0.25, 0.3) is 0 Å². The molecule has 1 unspecified atom stereocenters. The van der Waals surface area contributed by atoms with Gasteiger partial charge >= 0.3 is 0 Å². The number of sulfonamides is 1. The third-order valence-electron chi connectivity index (χ3n) is 2.55. The zero-order valence-corrected chi connectivity index (χ0v) is 10.9. The summed E-state index contributed by atoms with van der Waals surface area (Å²) in [6.45, 7) is 2.44. The van der Waals surface area contributed by atoms with Crippen LogP contribution in [0.4, 0.5) is 0 Å². The van der Waals surface area contributed by atoms with Crippen molar-refractivity contribution in [2.45, 2.75) is 31.6 Å². The predicted octanol–water partition coefficient (Wildman–Crippen LogP) is 1.23. The second-order valence-electron chi connectivity index (χ2n) is 4.05. The van der Waals surface area contributed by atoms with Crippen LogP contribution in [0, 0.1) is 0 Å². The Labute approximate surface area is 103 Å². The summed E-state index contributed by atoms with van der Waals surface area (Å²) in [7, 11) is -3.27. The summed E-state index contributed by atoms with van der Waals surface area (Å²) in [5.74, 6) is 0.0227. The van der Waals surface area contributed by atoms with E-state index in [0.29, 0.717) is 13.0 Å². The third kappa shape index (κ3) is 5.30. The van der Waals surface area contributed by atoms with Crippen LogP contribution >= 0.6 is 0 Å². The number of nitrogens with one attached hydrogen (secondary N) is 1. The first-order valence-corrected chi connectivity index (χ1v) is 7.46. The van der Waals surface area contributed by atoms with Crippen molar-refractivity contribution in [3.8, 4) is 0 Å². The molecule has 17 heavy (non-hydrogen) atoms. The summed E-state index contributed by atoms with van der Waals surface area (Å²) >= 11 is 0. The largest absolute Gasteiger partial charge is 0.330 e. The molecular weight excluding hydrogens is 236 g/mol. The lowest BCUT2D eigenvalue weighted by atomic mass is 10.2. The fraction of sp³-hybridized carbons (Fsp3) is 0.500. The molecule has 0 fully saturated rings. The molecule has 0 aliphatic carbocycles. The number of benzene rings is 1. The van der Waals surface area contributed by atoms with Gasteiger partial charge in [-0.2, -0.15) is 0 Å².